The molecule has 0 saturated heterocycles. The van der Waals surface area contributed by atoms with Crippen molar-refractivity contribution < 1.29 is 9.53 Å². The molecule has 0 aromatic heterocycles. The molecule has 4 nitrogen and oxygen atoms in total. The molecular weight excluding hydrogens is 228 g/mol. The van der Waals surface area contributed by atoms with Gasteiger partial charge in [-0.3, -0.25) is 4.79 Å². The summed E-state index contributed by atoms with van der Waals surface area (Å²) >= 11 is 0. The zero-order chi connectivity index (χ0) is 13.9. The number of carbonyl (C=O) groups is 1. The summed E-state index contributed by atoms with van der Waals surface area (Å²) in [6, 6.07) is 3.73. The highest BCUT2D eigenvalue weighted by atomic mass is 16.5. The third-order valence-electron chi connectivity index (χ3n) is 3.23. The fourth-order valence-electron chi connectivity index (χ4n) is 1.84. The van der Waals surface area contributed by atoms with Crippen molar-refractivity contribution in [2.45, 2.75) is 26.8 Å². The number of nitrogen functional groups attached to an aromatic ring is 1. The summed E-state index contributed by atoms with van der Waals surface area (Å²) in [4.78, 5) is 14.0. The van der Waals surface area contributed by atoms with Crippen molar-refractivity contribution in [3.8, 4) is 0 Å². The highest BCUT2D eigenvalue weighted by Gasteiger charge is 2.19. The van der Waals surface area contributed by atoms with Gasteiger partial charge in [-0.25, -0.2) is 0 Å². The molecular formula is C14H22N2O2. The van der Waals surface area contributed by atoms with E-state index in [1.165, 1.54) is 0 Å². The van der Waals surface area contributed by atoms with Gasteiger partial charge in [-0.2, -0.15) is 0 Å². The van der Waals surface area contributed by atoms with Gasteiger partial charge >= 0.3 is 0 Å². The Balaban J connectivity index is 3.00. The number of aryl methyl sites for hydroxylation is 2. The van der Waals surface area contributed by atoms with E-state index < -0.39 is 0 Å². The SMILES string of the molecule is COCC(C)N(C)C(=O)c1cc(N)c(C)cc1C. The Morgan fingerprint density at radius 2 is 2.00 bits per heavy atom. The summed E-state index contributed by atoms with van der Waals surface area (Å²) in [5.74, 6) is -0.0243. The van der Waals surface area contributed by atoms with E-state index in [0.717, 1.165) is 11.1 Å². The van der Waals surface area contributed by atoms with Crippen LogP contribution in [0.5, 0.6) is 0 Å². The molecule has 1 aromatic rings. The number of hydrogen-bond acceptors (Lipinski definition) is 3. The molecule has 4 heteroatoms. The van der Waals surface area contributed by atoms with Gasteiger partial charge < -0.3 is 15.4 Å². The van der Waals surface area contributed by atoms with Crippen molar-refractivity contribution in [1.82, 2.24) is 4.90 Å². The zero-order valence-corrected chi connectivity index (χ0v) is 11.8. The van der Waals surface area contributed by atoms with Crippen molar-refractivity contribution in [1.29, 1.82) is 0 Å². The number of ether oxygens (including phenoxy) is 1. The molecule has 0 heterocycles. The molecule has 0 aliphatic heterocycles. The Bertz CT molecular complexity index is 444. The lowest BCUT2D eigenvalue weighted by molar-refractivity contribution is 0.0633. The summed E-state index contributed by atoms with van der Waals surface area (Å²) in [5, 5.41) is 0. The van der Waals surface area contributed by atoms with Crippen LogP contribution < -0.4 is 5.73 Å². The van der Waals surface area contributed by atoms with E-state index in [4.69, 9.17) is 10.5 Å². The Kier molecular flexibility index (Phi) is 4.73. The molecule has 1 unspecified atom stereocenters. The number of hydrogen-bond donors (Lipinski definition) is 1. The number of nitrogens with zero attached hydrogens (tertiary/aromatic N) is 1. The normalized spacial score (nSPS) is 12.3. The highest BCUT2D eigenvalue weighted by Crippen LogP contribution is 2.19. The smallest absolute Gasteiger partial charge is 0.254 e. The Hall–Kier alpha value is -1.55. The van der Waals surface area contributed by atoms with Crippen molar-refractivity contribution in [2.75, 3.05) is 26.5 Å². The Labute approximate surface area is 109 Å². The van der Waals surface area contributed by atoms with E-state index in [1.54, 1.807) is 25.1 Å². The van der Waals surface area contributed by atoms with Crippen LogP contribution in [0.15, 0.2) is 12.1 Å². The van der Waals surface area contributed by atoms with Gasteiger partial charge in [0, 0.05) is 25.4 Å². The molecule has 100 valence electrons. The van der Waals surface area contributed by atoms with Crippen molar-refractivity contribution in [3.63, 3.8) is 0 Å². The van der Waals surface area contributed by atoms with E-state index in [-0.39, 0.29) is 11.9 Å². The van der Waals surface area contributed by atoms with E-state index in [9.17, 15) is 4.79 Å². The lowest BCUT2D eigenvalue weighted by atomic mass is 10.0. The van der Waals surface area contributed by atoms with Crippen molar-refractivity contribution in [3.05, 3.63) is 28.8 Å². The number of amides is 1. The van der Waals surface area contributed by atoms with E-state index in [2.05, 4.69) is 0 Å². The molecule has 0 aliphatic carbocycles. The number of likely N-dealkylation sites (N-methyl/N-ethyl adjacent to an activating group) is 1. The monoisotopic (exact) mass is 250 g/mol. The van der Waals surface area contributed by atoms with Crippen LogP contribution in [0.3, 0.4) is 0 Å². The van der Waals surface area contributed by atoms with Crippen LogP contribution in [0.25, 0.3) is 0 Å². The molecule has 0 radical (unpaired) electrons. The van der Waals surface area contributed by atoms with Crippen molar-refractivity contribution in [2.24, 2.45) is 0 Å². The molecule has 1 rings (SSSR count). The van der Waals surface area contributed by atoms with Crippen LogP contribution >= 0.6 is 0 Å². The van der Waals surface area contributed by atoms with E-state index in [0.29, 0.717) is 17.9 Å². The molecule has 0 fully saturated rings. The predicted molar refractivity (Wildman–Crippen MR) is 73.8 cm³/mol. The van der Waals surface area contributed by atoms with Gasteiger partial charge in [0.15, 0.2) is 0 Å². The standard InChI is InChI=1S/C14H22N2O2/c1-9-6-10(2)13(15)7-12(9)14(17)16(4)11(3)8-18-5/h6-7,11H,8,15H2,1-5H3. The largest absolute Gasteiger partial charge is 0.398 e. The second kappa shape index (κ2) is 5.87. The lowest BCUT2D eigenvalue weighted by Crippen LogP contribution is -2.38. The molecule has 0 bridgehead atoms. The molecule has 18 heavy (non-hydrogen) atoms. The lowest BCUT2D eigenvalue weighted by Gasteiger charge is -2.25. The van der Waals surface area contributed by atoms with Crippen LogP contribution in [-0.2, 0) is 4.74 Å². The third-order valence-corrected chi connectivity index (χ3v) is 3.23. The average molecular weight is 250 g/mol. The first kappa shape index (κ1) is 14.5. The Morgan fingerprint density at radius 3 is 2.56 bits per heavy atom. The summed E-state index contributed by atoms with van der Waals surface area (Å²) in [6.45, 7) is 6.33. The van der Waals surface area contributed by atoms with Crippen LogP contribution in [0.1, 0.15) is 28.4 Å². The minimum Gasteiger partial charge on any atom is -0.398 e. The van der Waals surface area contributed by atoms with E-state index >= 15 is 0 Å². The predicted octanol–water partition coefficient (Wildman–Crippen LogP) is 1.99. The van der Waals surface area contributed by atoms with Crippen LogP contribution in [-0.4, -0.2) is 37.6 Å². The van der Waals surface area contributed by atoms with Gasteiger partial charge in [-0.15, -0.1) is 0 Å². The van der Waals surface area contributed by atoms with Crippen LogP contribution in [0.4, 0.5) is 5.69 Å². The van der Waals surface area contributed by atoms with Gasteiger partial charge in [-0.05, 0) is 38.0 Å². The van der Waals surface area contributed by atoms with Crippen LogP contribution in [0.2, 0.25) is 0 Å². The summed E-state index contributed by atoms with van der Waals surface area (Å²) in [5.41, 5.74) is 9.12. The number of carbonyl (C=O) groups excluding carboxylic acids is 1. The maximum absolute atomic E-state index is 12.4. The molecule has 1 atom stereocenters. The summed E-state index contributed by atoms with van der Waals surface area (Å²) < 4.78 is 5.07. The summed E-state index contributed by atoms with van der Waals surface area (Å²) in [7, 11) is 3.41. The van der Waals surface area contributed by atoms with Gasteiger partial charge in [0.25, 0.3) is 5.91 Å². The first-order chi connectivity index (χ1) is 8.38. The average Bonchev–Trinajstić information content (AvgIpc) is 2.32. The molecule has 0 aliphatic rings. The molecule has 0 spiro atoms. The number of methoxy groups -OCH3 is 1. The second-order valence-corrected chi connectivity index (χ2v) is 4.74. The summed E-state index contributed by atoms with van der Waals surface area (Å²) in [6.07, 6.45) is 0. The first-order valence-corrected chi connectivity index (χ1v) is 6.01. The van der Waals surface area contributed by atoms with Crippen molar-refractivity contribution >= 4 is 11.6 Å². The second-order valence-electron chi connectivity index (χ2n) is 4.74. The molecule has 0 saturated carbocycles. The van der Waals surface area contributed by atoms with Gasteiger partial charge in [-0.1, -0.05) is 6.07 Å². The molecule has 1 amide bonds. The molecule has 2 N–H and O–H groups in total. The number of nitrogens with two attached hydrogens (primary N) is 1. The van der Waals surface area contributed by atoms with E-state index in [1.807, 2.05) is 26.8 Å². The quantitative estimate of drug-likeness (QED) is 0.831. The number of benzene rings is 1. The number of anilines is 1. The fourth-order valence-corrected chi connectivity index (χ4v) is 1.84. The van der Waals surface area contributed by atoms with Gasteiger partial charge in [0.2, 0.25) is 0 Å². The van der Waals surface area contributed by atoms with Crippen LogP contribution in [0, 0.1) is 13.8 Å². The first-order valence-electron chi connectivity index (χ1n) is 6.01. The Morgan fingerprint density at radius 1 is 1.39 bits per heavy atom. The minimum atomic E-state index is -0.0243. The zero-order valence-electron chi connectivity index (χ0n) is 11.8. The highest BCUT2D eigenvalue weighted by molar-refractivity contribution is 5.96. The number of rotatable bonds is 4. The van der Waals surface area contributed by atoms with Gasteiger partial charge in [0.1, 0.15) is 0 Å². The fraction of sp³-hybridized carbons (Fsp3) is 0.500. The van der Waals surface area contributed by atoms with Gasteiger partial charge in [0.05, 0.1) is 12.6 Å². The maximum atomic E-state index is 12.4. The minimum absolute atomic E-state index is 0.0243. The third kappa shape index (κ3) is 3.01. The maximum Gasteiger partial charge on any atom is 0.254 e. The topological polar surface area (TPSA) is 55.6 Å². The molecule has 1 aromatic carbocycles.